The fourth-order valence-corrected chi connectivity index (χ4v) is 4.39. The first-order chi connectivity index (χ1) is 16.5. The number of rotatable bonds is 13. The van der Waals surface area contributed by atoms with Gasteiger partial charge in [0.2, 0.25) is 0 Å². The number of methoxy groups -OCH3 is 1. The maximum absolute atomic E-state index is 11.7. The number of Topliss-reactive ketones (excluding diaryl/α,β-unsaturated/α-hetero) is 1. The Morgan fingerprint density at radius 3 is 2.47 bits per heavy atom. The van der Waals surface area contributed by atoms with Crippen LogP contribution in [-0.2, 0) is 11.2 Å². The normalized spacial score (nSPS) is 15.6. The fraction of sp³-hybridized carbons (Fsp3) is 0.536. The van der Waals surface area contributed by atoms with E-state index < -0.39 is 6.10 Å². The van der Waals surface area contributed by atoms with Crippen molar-refractivity contribution in [1.29, 1.82) is 0 Å². The number of likely N-dealkylation sites (tertiary alicyclic amines) is 1. The predicted molar refractivity (Wildman–Crippen MR) is 134 cm³/mol. The van der Waals surface area contributed by atoms with Gasteiger partial charge >= 0.3 is 0 Å². The molecule has 3 rings (SSSR count). The smallest absolute Gasteiger partial charge is 0.169 e. The van der Waals surface area contributed by atoms with Crippen LogP contribution in [0.3, 0.4) is 0 Å². The van der Waals surface area contributed by atoms with Crippen LogP contribution in [-0.4, -0.2) is 61.9 Å². The average Bonchev–Trinajstić information content (AvgIpc) is 2.86. The highest BCUT2D eigenvalue weighted by Gasteiger charge is 2.20. The highest BCUT2D eigenvalue weighted by Crippen LogP contribution is 2.36. The highest BCUT2D eigenvalue weighted by atomic mass is 16.5. The highest BCUT2D eigenvalue weighted by molar-refractivity contribution is 5.80. The first-order valence-corrected chi connectivity index (χ1v) is 12.4. The van der Waals surface area contributed by atoms with Crippen molar-refractivity contribution in [1.82, 2.24) is 4.90 Å². The van der Waals surface area contributed by atoms with E-state index in [1.165, 1.54) is 25.3 Å². The molecule has 6 heteroatoms. The van der Waals surface area contributed by atoms with Crippen molar-refractivity contribution in [2.45, 2.75) is 58.0 Å². The van der Waals surface area contributed by atoms with Crippen LogP contribution >= 0.6 is 0 Å². The Hall–Kier alpha value is -2.57. The molecular weight excluding hydrogens is 430 g/mol. The Morgan fingerprint density at radius 2 is 1.82 bits per heavy atom. The second-order valence-electron chi connectivity index (χ2n) is 9.04. The van der Waals surface area contributed by atoms with Crippen molar-refractivity contribution in [3.8, 4) is 17.2 Å². The molecule has 1 atom stereocenters. The summed E-state index contributed by atoms with van der Waals surface area (Å²) in [5.41, 5.74) is 2.35. The van der Waals surface area contributed by atoms with Gasteiger partial charge in [-0.3, -0.25) is 4.79 Å². The topological polar surface area (TPSA) is 68.2 Å². The molecule has 0 amide bonds. The zero-order chi connectivity index (χ0) is 24.3. The number of nitrogens with zero attached hydrogens (tertiary/aromatic N) is 1. The Labute approximate surface area is 203 Å². The first kappa shape index (κ1) is 26.0. The summed E-state index contributed by atoms with van der Waals surface area (Å²) < 4.78 is 17.6. The van der Waals surface area contributed by atoms with E-state index in [-0.39, 0.29) is 12.4 Å². The molecule has 0 aliphatic carbocycles. The number of ketones is 1. The zero-order valence-electron chi connectivity index (χ0n) is 20.8. The summed E-state index contributed by atoms with van der Waals surface area (Å²) in [4.78, 5) is 14.2. The minimum absolute atomic E-state index is 0.0394. The minimum atomic E-state index is -0.548. The molecule has 1 aliphatic heterocycles. The summed E-state index contributed by atoms with van der Waals surface area (Å²) in [6.07, 6.45) is 4.01. The SMILES string of the molecule is COc1cc(CCCO)c(OC(C)C(C)=O)cc1OCCCN1CCC(c2ccccc2)CC1. The van der Waals surface area contributed by atoms with Gasteiger partial charge in [-0.15, -0.1) is 0 Å². The number of ether oxygens (including phenoxy) is 3. The van der Waals surface area contributed by atoms with E-state index in [2.05, 4.69) is 35.2 Å². The predicted octanol–water partition coefficient (Wildman–Crippen LogP) is 4.62. The van der Waals surface area contributed by atoms with E-state index in [0.717, 1.165) is 31.6 Å². The van der Waals surface area contributed by atoms with E-state index in [9.17, 15) is 9.90 Å². The van der Waals surface area contributed by atoms with Crippen LogP contribution in [0, 0.1) is 0 Å². The van der Waals surface area contributed by atoms with Crippen molar-refractivity contribution in [3.63, 3.8) is 0 Å². The maximum Gasteiger partial charge on any atom is 0.169 e. The van der Waals surface area contributed by atoms with Crippen LogP contribution in [0.5, 0.6) is 17.2 Å². The lowest BCUT2D eigenvalue weighted by molar-refractivity contribution is -0.122. The first-order valence-electron chi connectivity index (χ1n) is 12.4. The van der Waals surface area contributed by atoms with Gasteiger partial charge < -0.3 is 24.2 Å². The molecule has 0 bridgehead atoms. The molecule has 6 nitrogen and oxygen atoms in total. The van der Waals surface area contributed by atoms with Crippen LogP contribution < -0.4 is 14.2 Å². The largest absolute Gasteiger partial charge is 0.493 e. The van der Waals surface area contributed by atoms with Crippen LogP contribution in [0.25, 0.3) is 0 Å². The molecule has 34 heavy (non-hydrogen) atoms. The standard InChI is InChI=1S/C28H39NO5/c1-21(31)22(2)34-26-20-28(27(32-3)19-25(26)11-7-17-30)33-18-8-14-29-15-12-24(13-16-29)23-9-5-4-6-10-23/h4-6,9-10,19-20,22,24,30H,7-8,11-18H2,1-3H3. The van der Waals surface area contributed by atoms with Crippen molar-refractivity contribution >= 4 is 5.78 Å². The van der Waals surface area contributed by atoms with Crippen molar-refractivity contribution in [3.05, 3.63) is 53.6 Å². The monoisotopic (exact) mass is 469 g/mol. The molecule has 1 heterocycles. The maximum atomic E-state index is 11.7. The number of hydrogen-bond acceptors (Lipinski definition) is 6. The molecule has 0 aromatic heterocycles. The number of aryl methyl sites for hydroxylation is 1. The molecule has 1 fully saturated rings. The summed E-state index contributed by atoms with van der Waals surface area (Å²) in [5, 5.41) is 9.24. The Bertz CT molecular complexity index is 893. The number of carbonyl (C=O) groups excluding carboxylic acids is 1. The lowest BCUT2D eigenvalue weighted by atomic mass is 9.89. The van der Waals surface area contributed by atoms with Crippen LogP contribution in [0.1, 0.15) is 56.6 Å². The third-order valence-electron chi connectivity index (χ3n) is 6.56. The van der Waals surface area contributed by atoms with E-state index in [0.29, 0.717) is 42.6 Å². The molecule has 2 aromatic rings. The second-order valence-corrected chi connectivity index (χ2v) is 9.04. The number of piperidine rings is 1. The summed E-state index contributed by atoms with van der Waals surface area (Å²) >= 11 is 0. The molecule has 0 spiro atoms. The number of carbonyl (C=O) groups is 1. The van der Waals surface area contributed by atoms with Gasteiger partial charge in [0.25, 0.3) is 0 Å². The minimum Gasteiger partial charge on any atom is -0.493 e. The van der Waals surface area contributed by atoms with E-state index in [1.807, 2.05) is 12.1 Å². The second kappa shape index (κ2) is 13.4. The van der Waals surface area contributed by atoms with Gasteiger partial charge in [-0.2, -0.15) is 0 Å². The molecule has 1 aliphatic rings. The molecular formula is C28H39NO5. The van der Waals surface area contributed by atoms with Crippen molar-refractivity contribution in [2.75, 3.05) is 40.0 Å². The zero-order valence-corrected chi connectivity index (χ0v) is 20.8. The molecule has 0 radical (unpaired) electrons. The number of aliphatic hydroxyl groups excluding tert-OH is 1. The van der Waals surface area contributed by atoms with Gasteiger partial charge in [-0.1, -0.05) is 30.3 Å². The molecule has 1 N–H and O–H groups in total. The molecule has 0 saturated carbocycles. The Balaban J connectivity index is 1.53. The number of aliphatic hydroxyl groups is 1. The molecule has 1 unspecified atom stereocenters. The Kier molecular flexibility index (Phi) is 10.2. The number of hydrogen-bond donors (Lipinski definition) is 1. The van der Waals surface area contributed by atoms with Gasteiger partial charge in [0.1, 0.15) is 5.75 Å². The van der Waals surface area contributed by atoms with Gasteiger partial charge in [0.15, 0.2) is 23.4 Å². The van der Waals surface area contributed by atoms with E-state index in [1.54, 1.807) is 14.0 Å². The lowest BCUT2D eigenvalue weighted by Gasteiger charge is -2.32. The van der Waals surface area contributed by atoms with Crippen LogP contribution in [0.4, 0.5) is 0 Å². The van der Waals surface area contributed by atoms with Crippen molar-refractivity contribution < 1.29 is 24.1 Å². The quantitative estimate of drug-likeness (QED) is 0.432. The summed E-state index contributed by atoms with van der Waals surface area (Å²) in [6, 6.07) is 14.5. The third kappa shape index (κ3) is 7.47. The van der Waals surface area contributed by atoms with E-state index in [4.69, 9.17) is 14.2 Å². The van der Waals surface area contributed by atoms with Gasteiger partial charge in [-0.25, -0.2) is 0 Å². The Morgan fingerprint density at radius 1 is 1.09 bits per heavy atom. The van der Waals surface area contributed by atoms with Crippen LogP contribution in [0.15, 0.2) is 42.5 Å². The summed E-state index contributed by atoms with van der Waals surface area (Å²) in [5.74, 6) is 2.48. The van der Waals surface area contributed by atoms with Crippen molar-refractivity contribution in [2.24, 2.45) is 0 Å². The third-order valence-corrected chi connectivity index (χ3v) is 6.56. The fourth-order valence-electron chi connectivity index (χ4n) is 4.39. The van der Waals surface area contributed by atoms with Gasteiger partial charge in [0, 0.05) is 19.2 Å². The molecule has 1 saturated heterocycles. The molecule has 2 aromatic carbocycles. The average molecular weight is 470 g/mol. The van der Waals surface area contributed by atoms with Gasteiger partial charge in [0.05, 0.1) is 13.7 Å². The summed E-state index contributed by atoms with van der Waals surface area (Å²) in [6.45, 7) is 7.15. The number of benzene rings is 2. The van der Waals surface area contributed by atoms with E-state index >= 15 is 0 Å². The lowest BCUT2D eigenvalue weighted by Crippen LogP contribution is -2.34. The van der Waals surface area contributed by atoms with Crippen LogP contribution in [0.2, 0.25) is 0 Å². The molecule has 186 valence electrons. The summed E-state index contributed by atoms with van der Waals surface area (Å²) in [7, 11) is 1.62. The van der Waals surface area contributed by atoms with Gasteiger partial charge in [-0.05, 0) is 82.2 Å².